The number of carbonyl (C=O) groups is 2. The molecule has 7 nitrogen and oxygen atoms in total. The van der Waals surface area contributed by atoms with Crippen molar-refractivity contribution in [2.75, 3.05) is 31.0 Å². The van der Waals surface area contributed by atoms with Gasteiger partial charge in [0, 0.05) is 41.9 Å². The van der Waals surface area contributed by atoms with Gasteiger partial charge in [0.25, 0.3) is 5.91 Å². The van der Waals surface area contributed by atoms with Crippen molar-refractivity contribution in [3.8, 4) is 5.75 Å². The zero-order valence-corrected chi connectivity index (χ0v) is 21.5. The van der Waals surface area contributed by atoms with Crippen LogP contribution in [-0.4, -0.2) is 38.0 Å². The van der Waals surface area contributed by atoms with Crippen molar-refractivity contribution in [2.24, 2.45) is 0 Å². The molecular weight excluding hydrogens is 492 g/mol. The topological polar surface area (TPSA) is 83.2 Å². The molecule has 188 valence electrons. The molecule has 1 unspecified atom stereocenters. The molecule has 1 aliphatic heterocycles. The molecule has 0 bridgehead atoms. The van der Waals surface area contributed by atoms with Crippen LogP contribution in [0.1, 0.15) is 27.7 Å². The van der Waals surface area contributed by atoms with E-state index in [1.165, 1.54) is 18.1 Å². The van der Waals surface area contributed by atoms with Gasteiger partial charge in [0.1, 0.15) is 0 Å². The number of hydrogen-bond acceptors (Lipinski definition) is 6. The van der Waals surface area contributed by atoms with Gasteiger partial charge in [0.15, 0.2) is 22.9 Å². The van der Waals surface area contributed by atoms with Crippen molar-refractivity contribution >= 4 is 45.6 Å². The van der Waals surface area contributed by atoms with E-state index in [1.54, 1.807) is 24.3 Å². The van der Waals surface area contributed by atoms with Gasteiger partial charge >= 0.3 is 0 Å². The van der Waals surface area contributed by atoms with Gasteiger partial charge in [-0.1, -0.05) is 41.4 Å². The molecule has 0 saturated heterocycles. The number of carbonyl (C=O) groups excluding carboxylic acids is 2. The summed E-state index contributed by atoms with van der Waals surface area (Å²) in [4.78, 5) is 30.7. The van der Waals surface area contributed by atoms with Crippen LogP contribution in [0.5, 0.6) is 5.75 Å². The van der Waals surface area contributed by atoms with Crippen molar-refractivity contribution in [1.29, 1.82) is 0 Å². The number of aliphatic hydroxyl groups excluding tert-OH is 1. The number of ether oxygens (including phenoxy) is 1. The van der Waals surface area contributed by atoms with E-state index in [1.807, 2.05) is 62.3 Å². The second-order valence-corrected chi connectivity index (χ2v) is 9.56. The lowest BCUT2D eigenvalue weighted by Gasteiger charge is -2.27. The molecule has 2 heterocycles. The Labute approximate surface area is 219 Å². The summed E-state index contributed by atoms with van der Waals surface area (Å²) < 4.78 is 11.2. The van der Waals surface area contributed by atoms with E-state index in [4.69, 9.17) is 20.8 Å². The second kappa shape index (κ2) is 9.33. The molecule has 1 aliphatic rings. The maximum atomic E-state index is 13.9. The average molecular weight is 517 g/mol. The van der Waals surface area contributed by atoms with E-state index in [0.717, 1.165) is 11.3 Å². The third-order valence-corrected chi connectivity index (χ3v) is 6.70. The number of benzene rings is 3. The number of amides is 1. The van der Waals surface area contributed by atoms with Gasteiger partial charge in [0.2, 0.25) is 5.78 Å². The number of Topliss-reactive ketones (excluding diaryl/α,β-unsaturated/α-hetero) is 1. The fraction of sp³-hybridized carbons (Fsp3) is 0.172. The van der Waals surface area contributed by atoms with Crippen molar-refractivity contribution < 1.29 is 23.8 Å². The number of halogens is 1. The van der Waals surface area contributed by atoms with Gasteiger partial charge in [-0.25, -0.2) is 0 Å². The fourth-order valence-corrected chi connectivity index (χ4v) is 4.78. The molecule has 0 saturated carbocycles. The van der Waals surface area contributed by atoms with Crippen LogP contribution < -0.4 is 14.5 Å². The molecule has 8 heteroatoms. The number of aryl methyl sites for hydroxylation is 1. The maximum Gasteiger partial charge on any atom is 0.294 e. The summed E-state index contributed by atoms with van der Waals surface area (Å²) in [6.07, 6.45) is 0. The molecule has 3 aromatic carbocycles. The molecule has 1 aromatic heterocycles. The lowest BCUT2D eigenvalue weighted by Crippen LogP contribution is -2.31. The molecule has 1 atom stereocenters. The van der Waals surface area contributed by atoms with E-state index in [0.29, 0.717) is 33.0 Å². The molecule has 0 radical (unpaired) electrons. The first-order valence-electron chi connectivity index (χ1n) is 11.6. The first kappa shape index (κ1) is 24.5. The fourth-order valence-electron chi connectivity index (χ4n) is 4.56. The van der Waals surface area contributed by atoms with Crippen LogP contribution in [0.25, 0.3) is 11.0 Å². The number of aliphatic hydroxyl groups is 1. The summed E-state index contributed by atoms with van der Waals surface area (Å²) in [7, 11) is 5.33. The highest BCUT2D eigenvalue weighted by atomic mass is 35.5. The van der Waals surface area contributed by atoms with Gasteiger partial charge in [0.05, 0.1) is 18.7 Å². The maximum absolute atomic E-state index is 13.9. The van der Waals surface area contributed by atoms with Gasteiger partial charge < -0.3 is 19.2 Å². The van der Waals surface area contributed by atoms with Gasteiger partial charge in [-0.2, -0.15) is 0 Å². The van der Waals surface area contributed by atoms with Crippen molar-refractivity contribution in [2.45, 2.75) is 13.0 Å². The Morgan fingerprint density at radius 1 is 1.05 bits per heavy atom. The average Bonchev–Trinajstić information content (AvgIpc) is 3.42. The summed E-state index contributed by atoms with van der Waals surface area (Å²) in [5.74, 6) is -1.54. The Morgan fingerprint density at radius 3 is 2.35 bits per heavy atom. The predicted molar refractivity (Wildman–Crippen MR) is 144 cm³/mol. The van der Waals surface area contributed by atoms with E-state index in [2.05, 4.69) is 0 Å². The molecule has 5 rings (SSSR count). The van der Waals surface area contributed by atoms with Crippen molar-refractivity contribution in [3.63, 3.8) is 0 Å². The zero-order valence-electron chi connectivity index (χ0n) is 20.8. The van der Waals surface area contributed by atoms with Crippen LogP contribution in [0.3, 0.4) is 0 Å². The van der Waals surface area contributed by atoms with Crippen molar-refractivity contribution in [1.82, 2.24) is 0 Å². The van der Waals surface area contributed by atoms with Crippen LogP contribution in [0.4, 0.5) is 11.4 Å². The number of ketones is 1. The largest absolute Gasteiger partial charge is 0.503 e. The first-order valence-corrected chi connectivity index (χ1v) is 12.0. The molecule has 4 aromatic rings. The molecule has 0 aliphatic carbocycles. The second-order valence-electron chi connectivity index (χ2n) is 9.13. The van der Waals surface area contributed by atoms with Crippen LogP contribution in [-0.2, 0) is 4.79 Å². The third kappa shape index (κ3) is 4.21. The monoisotopic (exact) mass is 516 g/mol. The number of fused-ring (bicyclic) bond motifs is 1. The van der Waals surface area contributed by atoms with Gasteiger partial charge in [-0.15, -0.1) is 0 Å². The lowest BCUT2D eigenvalue weighted by atomic mass is 9.94. The number of anilines is 2. The molecule has 37 heavy (non-hydrogen) atoms. The van der Waals surface area contributed by atoms with Gasteiger partial charge in [-0.3, -0.25) is 14.5 Å². The van der Waals surface area contributed by atoms with E-state index < -0.39 is 23.5 Å². The number of methoxy groups -OCH3 is 1. The van der Waals surface area contributed by atoms with Crippen LogP contribution in [0.15, 0.2) is 82.5 Å². The number of furan rings is 1. The number of nitrogens with zero attached hydrogens (tertiary/aromatic N) is 2. The quantitative estimate of drug-likeness (QED) is 0.305. The smallest absolute Gasteiger partial charge is 0.294 e. The predicted octanol–water partition coefficient (Wildman–Crippen LogP) is 6.25. The minimum absolute atomic E-state index is 0.0365. The Bertz CT molecular complexity index is 1550. The van der Waals surface area contributed by atoms with E-state index in [-0.39, 0.29) is 11.3 Å². The van der Waals surface area contributed by atoms with Crippen molar-refractivity contribution in [3.05, 3.63) is 100.0 Å². The molecule has 0 fully saturated rings. The molecule has 1 amide bonds. The molecular formula is C29H25ClN2O5. The highest BCUT2D eigenvalue weighted by Gasteiger charge is 2.45. The first-order chi connectivity index (χ1) is 17.7. The zero-order chi connectivity index (χ0) is 26.4. The molecule has 1 N–H and O–H groups in total. The Morgan fingerprint density at radius 2 is 1.73 bits per heavy atom. The van der Waals surface area contributed by atoms with Crippen LogP contribution >= 0.6 is 11.6 Å². The Balaban J connectivity index is 1.65. The normalized spacial score (nSPS) is 15.5. The van der Waals surface area contributed by atoms with Crippen LogP contribution in [0, 0.1) is 6.92 Å². The minimum Gasteiger partial charge on any atom is -0.503 e. The van der Waals surface area contributed by atoms with E-state index in [9.17, 15) is 14.7 Å². The summed E-state index contributed by atoms with van der Waals surface area (Å²) in [6, 6.07) is 18.8. The highest BCUT2D eigenvalue weighted by Crippen LogP contribution is 2.43. The number of rotatable bonds is 6. The third-order valence-electron chi connectivity index (χ3n) is 6.48. The molecule has 0 spiro atoms. The Hall–Kier alpha value is -4.23. The highest BCUT2D eigenvalue weighted by molar-refractivity contribution is 6.31. The summed E-state index contributed by atoms with van der Waals surface area (Å²) in [5.41, 5.74) is 3.49. The van der Waals surface area contributed by atoms with Crippen LogP contribution in [0.2, 0.25) is 5.02 Å². The van der Waals surface area contributed by atoms with E-state index >= 15 is 0 Å². The summed E-state index contributed by atoms with van der Waals surface area (Å²) in [6.45, 7) is 1.94. The Kier molecular flexibility index (Phi) is 6.17. The summed E-state index contributed by atoms with van der Waals surface area (Å²) >= 11 is 6.19. The van der Waals surface area contributed by atoms with Gasteiger partial charge in [-0.05, 0) is 48.9 Å². The SMILES string of the molecule is COc1cc(Cl)cc2cc(C(=O)C3=C(O)C(=O)N(c4ccc(C)cc4)C3c3ccc(N(C)C)cc3)oc12. The minimum atomic E-state index is -0.863. The lowest BCUT2D eigenvalue weighted by molar-refractivity contribution is -0.117. The summed E-state index contributed by atoms with van der Waals surface area (Å²) in [5, 5.41) is 12.0. The standard InChI is InChI=1S/C29H25ClN2O5/c1-16-5-9-21(10-6-16)32-25(17-7-11-20(12-8-17)31(2)3)24(27(34)29(32)35)26(33)22-14-18-13-19(30)15-23(36-4)28(18)37-22/h5-15,25,34H,1-4H3. The number of hydrogen-bond donors (Lipinski definition) is 1.